The van der Waals surface area contributed by atoms with Crippen LogP contribution in [0.1, 0.15) is 0 Å². The van der Waals surface area contributed by atoms with E-state index in [0.29, 0.717) is 0 Å². The smallest absolute Gasteiger partial charge is 0.313 e. The molecule has 0 fully saturated rings. The third kappa shape index (κ3) is 10.2. The van der Waals surface area contributed by atoms with Crippen LogP contribution in [0.2, 0.25) is 0 Å². The summed E-state index contributed by atoms with van der Waals surface area (Å²) in [5.74, 6) is 0. The van der Waals surface area contributed by atoms with Crippen LogP contribution in [0.25, 0.3) is 0 Å². The van der Waals surface area contributed by atoms with Crippen molar-refractivity contribution in [1.82, 2.24) is 5.09 Å². The summed E-state index contributed by atoms with van der Waals surface area (Å²) in [6, 6.07) is 0. The van der Waals surface area contributed by atoms with E-state index in [-0.39, 0.29) is 6.54 Å². The van der Waals surface area contributed by atoms with E-state index in [4.69, 9.17) is 19.6 Å². The Morgan fingerprint density at radius 1 is 1.17 bits per heavy atom. The second-order valence-corrected chi connectivity index (χ2v) is 4.42. The second kappa shape index (κ2) is 4.45. The van der Waals surface area contributed by atoms with Crippen molar-refractivity contribution in [1.29, 1.82) is 0 Å². The Morgan fingerprint density at radius 3 is 2.00 bits per heavy atom. The molecule has 8 nitrogen and oxygen atoms in total. The van der Waals surface area contributed by atoms with Crippen molar-refractivity contribution in [2.75, 3.05) is 13.2 Å². The molecule has 0 spiro atoms. The molecule has 74 valence electrons. The van der Waals surface area contributed by atoms with Gasteiger partial charge in [0, 0.05) is 6.54 Å². The van der Waals surface area contributed by atoms with Crippen LogP contribution in [0.5, 0.6) is 0 Å². The molecule has 0 bridgehead atoms. The topological polar surface area (TPSA) is 136 Å². The van der Waals surface area contributed by atoms with Gasteiger partial charge in [-0.15, -0.1) is 0 Å². The first-order valence-corrected chi connectivity index (χ1v) is 5.86. The van der Waals surface area contributed by atoms with Crippen molar-refractivity contribution in [2.24, 2.45) is 0 Å². The van der Waals surface area contributed by atoms with Crippen LogP contribution < -0.4 is 5.09 Å². The fourth-order valence-electron chi connectivity index (χ4n) is 0.356. The minimum absolute atomic E-state index is 0.338. The van der Waals surface area contributed by atoms with E-state index in [2.05, 4.69) is 4.52 Å². The molecule has 0 unspecified atom stereocenters. The van der Waals surface area contributed by atoms with Crippen molar-refractivity contribution in [3.05, 3.63) is 0 Å². The maximum atomic E-state index is 10.1. The number of rotatable bonds is 5. The molecular weight excluding hydrogens is 212 g/mol. The van der Waals surface area contributed by atoms with Crippen LogP contribution in [-0.2, 0) is 13.7 Å². The summed E-state index contributed by atoms with van der Waals surface area (Å²) in [4.78, 5) is 32.6. The average molecular weight is 221 g/mol. The summed E-state index contributed by atoms with van der Waals surface area (Å²) in [6.45, 7) is -0.815. The Balaban J connectivity index is 3.48. The molecule has 0 aromatic heterocycles. The Hall–Kier alpha value is 0.220. The molecular formula is C2H9NO7P2. The molecule has 0 aromatic carbocycles. The highest BCUT2D eigenvalue weighted by Gasteiger charge is 2.15. The third-order valence-electron chi connectivity index (χ3n) is 0.679. The number of hydrogen-bond donors (Lipinski definition) is 5. The van der Waals surface area contributed by atoms with Gasteiger partial charge < -0.3 is 19.6 Å². The first kappa shape index (κ1) is 12.2. The van der Waals surface area contributed by atoms with Crippen LogP contribution in [0.4, 0.5) is 0 Å². The highest BCUT2D eigenvalue weighted by atomic mass is 31.2. The Morgan fingerprint density at radius 2 is 1.67 bits per heavy atom. The highest BCUT2D eigenvalue weighted by molar-refractivity contribution is 7.49. The zero-order chi connectivity index (χ0) is 9.83. The summed E-state index contributed by atoms with van der Waals surface area (Å²) in [5, 5.41) is 1.69. The van der Waals surface area contributed by atoms with Crippen molar-refractivity contribution < 1.29 is 33.2 Å². The third-order valence-corrected chi connectivity index (χ3v) is 1.83. The number of phosphoric acid groups is 1. The van der Waals surface area contributed by atoms with E-state index in [9.17, 15) is 9.13 Å². The second-order valence-electron chi connectivity index (χ2n) is 1.78. The standard InChI is InChI=1S/C2H9NO7P2/c4-11(5,6)3-1-2-10-12(7,8)9/h1-2H2,(H2,7,8,9)(H3,3,4,5,6). The number of hydrogen-bond acceptors (Lipinski definition) is 3. The molecule has 0 rings (SSSR count). The molecule has 0 atom stereocenters. The van der Waals surface area contributed by atoms with Crippen LogP contribution in [-0.4, -0.2) is 32.7 Å². The monoisotopic (exact) mass is 221 g/mol. The maximum Gasteiger partial charge on any atom is 0.469 e. The lowest BCUT2D eigenvalue weighted by molar-refractivity contribution is 0.198. The molecule has 0 saturated heterocycles. The predicted molar refractivity (Wildman–Crippen MR) is 38.0 cm³/mol. The summed E-state index contributed by atoms with van der Waals surface area (Å²) in [5.41, 5.74) is 0. The van der Waals surface area contributed by atoms with Gasteiger partial charge in [0.25, 0.3) is 0 Å². The number of nitrogens with one attached hydrogen (secondary N) is 1. The normalized spacial score (nSPS) is 13.3. The van der Waals surface area contributed by atoms with Gasteiger partial charge in [0.05, 0.1) is 6.61 Å². The number of phosphoric ester groups is 1. The van der Waals surface area contributed by atoms with Crippen molar-refractivity contribution in [3.63, 3.8) is 0 Å². The molecule has 12 heavy (non-hydrogen) atoms. The largest absolute Gasteiger partial charge is 0.469 e. The van der Waals surface area contributed by atoms with Gasteiger partial charge in [-0.3, -0.25) is 4.52 Å². The Bertz CT molecular complexity index is 191. The average Bonchev–Trinajstić information content (AvgIpc) is 1.76. The van der Waals surface area contributed by atoms with Crippen molar-refractivity contribution in [2.45, 2.75) is 0 Å². The van der Waals surface area contributed by atoms with Crippen LogP contribution >= 0.6 is 15.6 Å². The lowest BCUT2D eigenvalue weighted by Crippen LogP contribution is -2.15. The fourth-order valence-corrected chi connectivity index (χ4v) is 1.07. The van der Waals surface area contributed by atoms with Crippen LogP contribution in [0.3, 0.4) is 0 Å². The molecule has 0 aromatic rings. The quantitative estimate of drug-likeness (QED) is 0.287. The molecule has 0 aliphatic heterocycles. The minimum Gasteiger partial charge on any atom is -0.313 e. The Kier molecular flexibility index (Phi) is 4.54. The van der Waals surface area contributed by atoms with Crippen LogP contribution in [0, 0.1) is 0 Å². The van der Waals surface area contributed by atoms with Gasteiger partial charge in [-0.05, 0) is 0 Å². The van der Waals surface area contributed by atoms with Gasteiger partial charge in [0.2, 0.25) is 0 Å². The fraction of sp³-hybridized carbons (Fsp3) is 1.00. The molecule has 0 saturated carbocycles. The van der Waals surface area contributed by atoms with E-state index >= 15 is 0 Å². The van der Waals surface area contributed by atoms with E-state index < -0.39 is 22.2 Å². The Labute approximate surface area is 68.0 Å². The van der Waals surface area contributed by atoms with Gasteiger partial charge in [0.1, 0.15) is 0 Å². The zero-order valence-corrected chi connectivity index (χ0v) is 7.61. The highest BCUT2D eigenvalue weighted by Crippen LogP contribution is 2.35. The molecule has 0 aliphatic carbocycles. The summed E-state index contributed by atoms with van der Waals surface area (Å²) in [6.07, 6.45) is 0. The van der Waals surface area contributed by atoms with Crippen molar-refractivity contribution >= 4 is 15.6 Å². The van der Waals surface area contributed by atoms with E-state index in [1.165, 1.54) is 0 Å². The molecule has 0 heterocycles. The van der Waals surface area contributed by atoms with Gasteiger partial charge >= 0.3 is 15.6 Å². The van der Waals surface area contributed by atoms with E-state index in [1.54, 1.807) is 5.09 Å². The van der Waals surface area contributed by atoms with Gasteiger partial charge in [0.15, 0.2) is 0 Å². The van der Waals surface area contributed by atoms with E-state index in [1.807, 2.05) is 0 Å². The SMILES string of the molecule is O=P(O)(O)NCCOP(=O)(O)O. The van der Waals surface area contributed by atoms with E-state index in [0.717, 1.165) is 0 Å². The summed E-state index contributed by atoms with van der Waals surface area (Å²) < 4.78 is 24.0. The predicted octanol–water partition coefficient (Wildman–Crippen LogP) is -1.22. The zero-order valence-electron chi connectivity index (χ0n) is 5.82. The molecule has 0 radical (unpaired) electrons. The molecule has 5 N–H and O–H groups in total. The first-order valence-electron chi connectivity index (χ1n) is 2.71. The maximum absolute atomic E-state index is 10.1. The molecule has 0 aliphatic rings. The van der Waals surface area contributed by atoms with Gasteiger partial charge in [-0.2, -0.15) is 0 Å². The molecule has 10 heteroatoms. The first-order chi connectivity index (χ1) is 5.21. The van der Waals surface area contributed by atoms with Gasteiger partial charge in [-0.1, -0.05) is 0 Å². The lowest BCUT2D eigenvalue weighted by atomic mass is 10.8. The van der Waals surface area contributed by atoms with Crippen molar-refractivity contribution in [3.8, 4) is 0 Å². The minimum atomic E-state index is -4.54. The van der Waals surface area contributed by atoms with Gasteiger partial charge in [-0.25, -0.2) is 14.2 Å². The molecule has 0 amide bonds. The lowest BCUT2D eigenvalue weighted by Gasteiger charge is -2.07. The van der Waals surface area contributed by atoms with Crippen LogP contribution in [0.15, 0.2) is 0 Å². The summed E-state index contributed by atoms with van der Waals surface area (Å²) in [7, 11) is -8.87. The summed E-state index contributed by atoms with van der Waals surface area (Å²) >= 11 is 0.